The van der Waals surface area contributed by atoms with Gasteiger partial charge >= 0.3 is 5.97 Å². The molecule has 1 fully saturated rings. The minimum atomic E-state index is -1.07. The third-order valence-corrected chi connectivity index (χ3v) is 4.46. The van der Waals surface area contributed by atoms with Crippen molar-refractivity contribution in [3.05, 3.63) is 65.7 Å². The molecule has 2 atom stereocenters. The van der Waals surface area contributed by atoms with Crippen molar-refractivity contribution in [3.8, 4) is 5.75 Å². The van der Waals surface area contributed by atoms with Gasteiger partial charge in [0.2, 0.25) is 0 Å². The lowest BCUT2D eigenvalue weighted by Crippen LogP contribution is -2.42. The summed E-state index contributed by atoms with van der Waals surface area (Å²) in [6.07, 6.45) is 2.41. The van der Waals surface area contributed by atoms with E-state index in [4.69, 9.17) is 9.47 Å². The topological polar surface area (TPSA) is 84.9 Å². The number of amides is 1. The van der Waals surface area contributed by atoms with Gasteiger partial charge in [0.25, 0.3) is 5.91 Å². The van der Waals surface area contributed by atoms with Gasteiger partial charge in [0.15, 0.2) is 0 Å². The summed E-state index contributed by atoms with van der Waals surface area (Å²) in [6, 6.07) is 14.9. The standard InChI is InChI=1S/C21H23NO5/c23-20(22-19(21(24)25)13-15-5-2-1-3-6-15)16-8-10-17(11-9-16)27-14-18-7-4-12-26-18/h1-3,5-6,8-11,18-19H,4,7,12-14H2,(H,22,23)(H,24,25). The lowest BCUT2D eigenvalue weighted by atomic mass is 10.1. The van der Waals surface area contributed by atoms with E-state index in [1.54, 1.807) is 24.3 Å². The number of ether oxygens (including phenoxy) is 2. The highest BCUT2D eigenvalue weighted by molar-refractivity contribution is 5.96. The molecule has 0 saturated carbocycles. The van der Waals surface area contributed by atoms with Gasteiger partial charge in [-0.3, -0.25) is 4.79 Å². The molecule has 3 rings (SSSR count). The highest BCUT2D eigenvalue weighted by atomic mass is 16.5. The zero-order valence-corrected chi connectivity index (χ0v) is 15.0. The zero-order valence-electron chi connectivity index (χ0n) is 15.0. The summed E-state index contributed by atoms with van der Waals surface area (Å²) >= 11 is 0. The van der Waals surface area contributed by atoms with Crippen LogP contribution in [0.25, 0.3) is 0 Å². The van der Waals surface area contributed by atoms with E-state index in [0.717, 1.165) is 25.0 Å². The summed E-state index contributed by atoms with van der Waals surface area (Å²) in [6.45, 7) is 1.27. The smallest absolute Gasteiger partial charge is 0.326 e. The SMILES string of the molecule is O=C(NC(Cc1ccccc1)C(=O)O)c1ccc(OCC2CCCO2)cc1. The van der Waals surface area contributed by atoms with Crippen LogP contribution in [-0.2, 0) is 16.0 Å². The first kappa shape index (κ1) is 18.9. The second-order valence-corrected chi connectivity index (χ2v) is 6.52. The van der Waals surface area contributed by atoms with Crippen LogP contribution >= 0.6 is 0 Å². The normalized spacial score (nSPS) is 17.3. The fraction of sp³-hybridized carbons (Fsp3) is 0.333. The Balaban J connectivity index is 1.56. The van der Waals surface area contributed by atoms with Gasteiger partial charge in [-0.25, -0.2) is 4.79 Å². The van der Waals surface area contributed by atoms with Gasteiger partial charge < -0.3 is 19.9 Å². The molecule has 1 aliphatic rings. The van der Waals surface area contributed by atoms with Gasteiger partial charge in [-0.05, 0) is 42.7 Å². The number of hydrogen-bond donors (Lipinski definition) is 2. The minimum Gasteiger partial charge on any atom is -0.491 e. The number of carboxylic acids is 1. The summed E-state index contributed by atoms with van der Waals surface area (Å²) in [5.41, 5.74) is 1.24. The van der Waals surface area contributed by atoms with Crippen LogP contribution in [-0.4, -0.2) is 42.3 Å². The van der Waals surface area contributed by atoms with Gasteiger partial charge in [0, 0.05) is 18.6 Å². The maximum atomic E-state index is 12.4. The van der Waals surface area contributed by atoms with E-state index in [9.17, 15) is 14.7 Å². The van der Waals surface area contributed by atoms with Crippen LogP contribution in [0, 0.1) is 0 Å². The molecule has 2 N–H and O–H groups in total. The monoisotopic (exact) mass is 369 g/mol. The van der Waals surface area contributed by atoms with Crippen LogP contribution in [0.5, 0.6) is 5.75 Å². The highest BCUT2D eigenvalue weighted by Crippen LogP contribution is 2.17. The predicted octanol–water partition coefficient (Wildman–Crippen LogP) is 2.67. The van der Waals surface area contributed by atoms with Crippen molar-refractivity contribution in [1.82, 2.24) is 5.32 Å². The van der Waals surface area contributed by atoms with Crippen molar-refractivity contribution in [2.75, 3.05) is 13.2 Å². The number of carbonyl (C=O) groups excluding carboxylic acids is 1. The van der Waals surface area contributed by atoms with E-state index in [1.807, 2.05) is 30.3 Å². The van der Waals surface area contributed by atoms with Crippen molar-refractivity contribution in [3.63, 3.8) is 0 Å². The average Bonchev–Trinajstić information content (AvgIpc) is 3.20. The first-order valence-corrected chi connectivity index (χ1v) is 9.04. The molecule has 142 valence electrons. The van der Waals surface area contributed by atoms with E-state index >= 15 is 0 Å². The van der Waals surface area contributed by atoms with Gasteiger partial charge in [-0.2, -0.15) is 0 Å². The van der Waals surface area contributed by atoms with Crippen LogP contribution < -0.4 is 10.1 Å². The molecule has 27 heavy (non-hydrogen) atoms. The number of benzene rings is 2. The lowest BCUT2D eigenvalue weighted by molar-refractivity contribution is -0.139. The number of carbonyl (C=O) groups is 2. The van der Waals surface area contributed by atoms with Crippen molar-refractivity contribution in [1.29, 1.82) is 0 Å². The quantitative estimate of drug-likeness (QED) is 0.747. The molecule has 0 bridgehead atoms. The molecule has 0 aliphatic carbocycles. The van der Waals surface area contributed by atoms with Crippen LogP contribution in [0.15, 0.2) is 54.6 Å². The maximum absolute atomic E-state index is 12.4. The highest BCUT2D eigenvalue weighted by Gasteiger charge is 2.21. The molecule has 6 heteroatoms. The molecule has 0 aromatic heterocycles. The molecule has 6 nitrogen and oxygen atoms in total. The Morgan fingerprint density at radius 3 is 2.52 bits per heavy atom. The molecule has 0 radical (unpaired) electrons. The van der Waals surface area contributed by atoms with Gasteiger partial charge in [-0.1, -0.05) is 30.3 Å². The Bertz CT molecular complexity index is 754. The molecule has 2 aromatic rings. The van der Waals surface area contributed by atoms with E-state index in [1.165, 1.54) is 0 Å². The lowest BCUT2D eigenvalue weighted by Gasteiger charge is -2.15. The second-order valence-electron chi connectivity index (χ2n) is 6.52. The van der Waals surface area contributed by atoms with Crippen molar-refractivity contribution in [2.45, 2.75) is 31.4 Å². The van der Waals surface area contributed by atoms with Crippen LogP contribution in [0.4, 0.5) is 0 Å². The van der Waals surface area contributed by atoms with Gasteiger partial charge in [0.1, 0.15) is 18.4 Å². The van der Waals surface area contributed by atoms with Gasteiger partial charge in [0.05, 0.1) is 6.10 Å². The fourth-order valence-corrected chi connectivity index (χ4v) is 2.96. The molecule has 1 heterocycles. The number of aliphatic carboxylic acids is 1. The van der Waals surface area contributed by atoms with Crippen molar-refractivity contribution in [2.24, 2.45) is 0 Å². The molecule has 2 unspecified atom stereocenters. The summed E-state index contributed by atoms with van der Waals surface area (Å²) in [5, 5.41) is 12.0. The Morgan fingerprint density at radius 2 is 1.89 bits per heavy atom. The van der Waals surface area contributed by atoms with E-state index in [0.29, 0.717) is 17.9 Å². The van der Waals surface area contributed by atoms with Crippen molar-refractivity contribution < 1.29 is 24.2 Å². The average molecular weight is 369 g/mol. The van der Waals surface area contributed by atoms with Crippen molar-refractivity contribution >= 4 is 11.9 Å². The predicted molar refractivity (Wildman–Crippen MR) is 99.9 cm³/mol. The number of hydrogen-bond acceptors (Lipinski definition) is 4. The second kappa shape index (κ2) is 9.19. The summed E-state index contributed by atoms with van der Waals surface area (Å²) in [7, 11) is 0. The molecule has 1 aliphatic heterocycles. The molecule has 1 amide bonds. The number of nitrogens with one attached hydrogen (secondary N) is 1. The van der Waals surface area contributed by atoms with E-state index in [-0.39, 0.29) is 12.5 Å². The largest absolute Gasteiger partial charge is 0.491 e. The summed E-state index contributed by atoms with van der Waals surface area (Å²) in [4.78, 5) is 23.9. The third kappa shape index (κ3) is 5.56. The Labute approximate surface area is 158 Å². The van der Waals surface area contributed by atoms with E-state index < -0.39 is 17.9 Å². The molecule has 1 saturated heterocycles. The Hall–Kier alpha value is -2.86. The van der Waals surface area contributed by atoms with Crippen LogP contribution in [0.1, 0.15) is 28.8 Å². The molecule has 0 spiro atoms. The first-order chi connectivity index (χ1) is 13.1. The third-order valence-electron chi connectivity index (χ3n) is 4.46. The number of carboxylic acid groups (broad SMARTS) is 1. The van der Waals surface area contributed by atoms with Crippen LogP contribution in [0.3, 0.4) is 0 Å². The summed E-state index contributed by atoms with van der Waals surface area (Å²) < 4.78 is 11.2. The fourth-order valence-electron chi connectivity index (χ4n) is 2.96. The maximum Gasteiger partial charge on any atom is 0.326 e. The zero-order chi connectivity index (χ0) is 19.1. The summed E-state index contributed by atoms with van der Waals surface area (Å²) in [5.74, 6) is -0.839. The Kier molecular flexibility index (Phi) is 6.44. The Morgan fingerprint density at radius 1 is 1.15 bits per heavy atom. The molecular weight excluding hydrogens is 346 g/mol. The molecule has 2 aromatic carbocycles. The van der Waals surface area contributed by atoms with Crippen LogP contribution in [0.2, 0.25) is 0 Å². The molecular formula is C21H23NO5. The number of rotatable bonds is 8. The van der Waals surface area contributed by atoms with Gasteiger partial charge in [-0.15, -0.1) is 0 Å². The first-order valence-electron chi connectivity index (χ1n) is 9.04. The minimum absolute atomic E-state index is 0.127. The van der Waals surface area contributed by atoms with E-state index in [2.05, 4.69) is 5.32 Å².